The summed E-state index contributed by atoms with van der Waals surface area (Å²) in [5.41, 5.74) is 0. The van der Waals surface area contributed by atoms with Gasteiger partial charge in [0.15, 0.2) is 0 Å². The molecule has 0 spiro atoms. The molecule has 1 saturated carbocycles. The lowest BCUT2D eigenvalue weighted by molar-refractivity contribution is 0.152. The van der Waals surface area contributed by atoms with E-state index in [0.29, 0.717) is 18.0 Å². The summed E-state index contributed by atoms with van der Waals surface area (Å²) in [6.45, 7) is 9.54. The molecule has 1 aliphatic rings. The summed E-state index contributed by atoms with van der Waals surface area (Å²) in [6.07, 6.45) is 5.66. The van der Waals surface area contributed by atoms with Gasteiger partial charge in [-0.1, -0.05) is 27.7 Å². The van der Waals surface area contributed by atoms with Gasteiger partial charge in [0.1, 0.15) is 0 Å². The molecule has 3 heteroatoms. The summed E-state index contributed by atoms with van der Waals surface area (Å²) in [7, 11) is 0. The van der Waals surface area contributed by atoms with Crippen molar-refractivity contribution in [2.24, 2.45) is 5.92 Å². The number of urea groups is 1. The van der Waals surface area contributed by atoms with Crippen molar-refractivity contribution in [3.63, 3.8) is 0 Å². The Morgan fingerprint density at radius 3 is 2.24 bits per heavy atom. The third-order valence-electron chi connectivity index (χ3n) is 3.64. The van der Waals surface area contributed by atoms with E-state index in [9.17, 15) is 4.79 Å². The second-order valence-electron chi connectivity index (χ2n) is 5.59. The summed E-state index contributed by atoms with van der Waals surface area (Å²) in [5.74, 6) is 0.530. The zero-order chi connectivity index (χ0) is 12.8. The van der Waals surface area contributed by atoms with Gasteiger partial charge in [0.2, 0.25) is 0 Å². The molecule has 0 aromatic rings. The second kappa shape index (κ2) is 6.87. The maximum atomic E-state index is 12.3. The normalized spacial score (nSPS) is 16.1. The van der Waals surface area contributed by atoms with Crippen molar-refractivity contribution in [1.82, 2.24) is 10.2 Å². The van der Waals surface area contributed by atoms with Crippen LogP contribution in [-0.2, 0) is 0 Å². The number of nitrogens with one attached hydrogen (secondary N) is 1. The van der Waals surface area contributed by atoms with E-state index in [2.05, 4.69) is 33.0 Å². The number of carbonyl (C=O) groups excluding carboxylic acids is 1. The Kier molecular flexibility index (Phi) is 5.79. The van der Waals surface area contributed by atoms with E-state index in [1.165, 1.54) is 6.42 Å². The van der Waals surface area contributed by atoms with Crippen LogP contribution in [0.25, 0.3) is 0 Å². The summed E-state index contributed by atoms with van der Waals surface area (Å²) in [5, 5.41) is 3.16. The molecule has 1 aliphatic carbocycles. The largest absolute Gasteiger partial charge is 0.335 e. The van der Waals surface area contributed by atoms with Gasteiger partial charge < -0.3 is 10.2 Å². The lowest BCUT2D eigenvalue weighted by Crippen LogP contribution is -2.51. The van der Waals surface area contributed by atoms with E-state index in [1.807, 2.05) is 4.90 Å². The Morgan fingerprint density at radius 1 is 1.29 bits per heavy atom. The van der Waals surface area contributed by atoms with Crippen LogP contribution >= 0.6 is 0 Å². The first kappa shape index (κ1) is 14.3. The van der Waals surface area contributed by atoms with Crippen LogP contribution in [0.2, 0.25) is 0 Å². The highest BCUT2D eigenvalue weighted by atomic mass is 16.2. The standard InChI is InChI=1S/C14H28N2O/c1-5-13(6-2)16(10-11(3)4)14(17)15-12-8-7-9-12/h11-13H,5-10H2,1-4H3,(H,15,17). The molecule has 0 aromatic carbocycles. The minimum absolute atomic E-state index is 0.150. The third kappa shape index (κ3) is 4.21. The second-order valence-corrected chi connectivity index (χ2v) is 5.59. The molecule has 0 aromatic heterocycles. The minimum Gasteiger partial charge on any atom is -0.335 e. The topological polar surface area (TPSA) is 32.3 Å². The molecule has 0 bridgehead atoms. The van der Waals surface area contributed by atoms with Crippen LogP contribution in [0.1, 0.15) is 59.8 Å². The predicted octanol–water partition coefficient (Wildman–Crippen LogP) is 3.40. The van der Waals surface area contributed by atoms with Crippen LogP contribution in [-0.4, -0.2) is 29.6 Å². The lowest BCUT2D eigenvalue weighted by Gasteiger charge is -2.35. The Hall–Kier alpha value is -0.730. The van der Waals surface area contributed by atoms with Crippen molar-refractivity contribution in [3.8, 4) is 0 Å². The molecular formula is C14H28N2O. The van der Waals surface area contributed by atoms with Gasteiger partial charge >= 0.3 is 6.03 Å². The van der Waals surface area contributed by atoms with E-state index in [-0.39, 0.29) is 6.03 Å². The lowest BCUT2D eigenvalue weighted by atomic mass is 9.93. The first-order valence-electron chi connectivity index (χ1n) is 7.15. The van der Waals surface area contributed by atoms with Crippen LogP contribution in [0.5, 0.6) is 0 Å². The molecule has 0 aliphatic heterocycles. The van der Waals surface area contributed by atoms with Gasteiger partial charge in [-0.05, 0) is 38.0 Å². The number of nitrogens with zero attached hydrogens (tertiary/aromatic N) is 1. The van der Waals surface area contributed by atoms with E-state index in [0.717, 1.165) is 32.2 Å². The van der Waals surface area contributed by atoms with Crippen molar-refractivity contribution in [2.75, 3.05) is 6.54 Å². The highest BCUT2D eigenvalue weighted by Gasteiger charge is 2.26. The Bertz CT molecular complexity index is 232. The highest BCUT2D eigenvalue weighted by Crippen LogP contribution is 2.19. The molecule has 0 unspecified atom stereocenters. The summed E-state index contributed by atoms with van der Waals surface area (Å²) >= 11 is 0. The van der Waals surface area contributed by atoms with Crippen LogP contribution in [0.3, 0.4) is 0 Å². The van der Waals surface area contributed by atoms with Gasteiger partial charge in [-0.2, -0.15) is 0 Å². The molecule has 0 radical (unpaired) electrons. The fourth-order valence-electron chi connectivity index (χ4n) is 2.33. The SMILES string of the molecule is CCC(CC)N(CC(C)C)C(=O)NC1CCC1. The monoisotopic (exact) mass is 240 g/mol. The third-order valence-corrected chi connectivity index (χ3v) is 3.64. The van der Waals surface area contributed by atoms with Crippen LogP contribution in [0, 0.1) is 5.92 Å². The minimum atomic E-state index is 0.150. The molecule has 0 heterocycles. The smallest absolute Gasteiger partial charge is 0.317 e. The van der Waals surface area contributed by atoms with Crippen molar-refractivity contribution in [2.45, 2.75) is 71.9 Å². The van der Waals surface area contributed by atoms with Crippen molar-refractivity contribution in [3.05, 3.63) is 0 Å². The number of hydrogen-bond donors (Lipinski definition) is 1. The highest BCUT2D eigenvalue weighted by molar-refractivity contribution is 5.75. The van der Waals surface area contributed by atoms with Gasteiger partial charge in [-0.25, -0.2) is 4.79 Å². The van der Waals surface area contributed by atoms with E-state index in [1.54, 1.807) is 0 Å². The first-order chi connectivity index (χ1) is 8.08. The molecule has 1 rings (SSSR count). The quantitative estimate of drug-likeness (QED) is 0.758. The first-order valence-corrected chi connectivity index (χ1v) is 7.15. The van der Waals surface area contributed by atoms with Gasteiger partial charge in [0.05, 0.1) is 0 Å². The molecule has 0 saturated heterocycles. The van der Waals surface area contributed by atoms with Gasteiger partial charge in [-0.15, -0.1) is 0 Å². The van der Waals surface area contributed by atoms with Crippen molar-refractivity contribution < 1.29 is 4.79 Å². The van der Waals surface area contributed by atoms with E-state index < -0.39 is 0 Å². The molecule has 100 valence electrons. The predicted molar refractivity (Wildman–Crippen MR) is 72.1 cm³/mol. The molecule has 1 N–H and O–H groups in total. The number of amides is 2. The Labute approximate surface area is 106 Å². The summed E-state index contributed by atoms with van der Waals surface area (Å²) < 4.78 is 0. The van der Waals surface area contributed by atoms with Gasteiger partial charge in [0.25, 0.3) is 0 Å². The molecule has 0 atom stereocenters. The van der Waals surface area contributed by atoms with Crippen molar-refractivity contribution in [1.29, 1.82) is 0 Å². The van der Waals surface area contributed by atoms with Crippen LogP contribution in [0.15, 0.2) is 0 Å². The maximum Gasteiger partial charge on any atom is 0.317 e. The maximum absolute atomic E-state index is 12.3. The number of carbonyl (C=O) groups is 1. The number of hydrogen-bond acceptors (Lipinski definition) is 1. The van der Waals surface area contributed by atoms with Gasteiger partial charge in [-0.3, -0.25) is 0 Å². The average molecular weight is 240 g/mol. The zero-order valence-electron chi connectivity index (χ0n) is 11.8. The summed E-state index contributed by atoms with van der Waals surface area (Å²) in [4.78, 5) is 14.3. The van der Waals surface area contributed by atoms with Gasteiger partial charge in [0, 0.05) is 18.6 Å². The molecule has 2 amide bonds. The Balaban J connectivity index is 2.55. The molecular weight excluding hydrogens is 212 g/mol. The summed E-state index contributed by atoms with van der Waals surface area (Å²) in [6, 6.07) is 0.973. The molecule has 1 fully saturated rings. The van der Waals surface area contributed by atoms with Crippen LogP contribution < -0.4 is 5.32 Å². The van der Waals surface area contributed by atoms with E-state index >= 15 is 0 Å². The average Bonchev–Trinajstić information content (AvgIpc) is 2.23. The zero-order valence-corrected chi connectivity index (χ0v) is 11.8. The fourth-order valence-corrected chi connectivity index (χ4v) is 2.33. The Morgan fingerprint density at radius 2 is 1.88 bits per heavy atom. The number of rotatable bonds is 6. The molecule has 17 heavy (non-hydrogen) atoms. The van der Waals surface area contributed by atoms with Crippen LogP contribution in [0.4, 0.5) is 4.79 Å². The van der Waals surface area contributed by atoms with Crippen molar-refractivity contribution >= 4 is 6.03 Å². The molecule has 3 nitrogen and oxygen atoms in total. The fraction of sp³-hybridized carbons (Fsp3) is 0.929. The van der Waals surface area contributed by atoms with E-state index in [4.69, 9.17) is 0 Å².